The van der Waals surface area contributed by atoms with Crippen LogP contribution in [0.15, 0.2) is 28.7 Å². The van der Waals surface area contributed by atoms with Crippen molar-refractivity contribution >= 4 is 27.8 Å². The first-order valence-electron chi connectivity index (χ1n) is 7.22. The molecule has 2 unspecified atom stereocenters. The highest BCUT2D eigenvalue weighted by atomic mass is 79.9. The number of benzene rings is 1. The smallest absolute Gasteiger partial charge is 0.326 e. The van der Waals surface area contributed by atoms with Crippen molar-refractivity contribution in [3.05, 3.63) is 34.3 Å². The van der Waals surface area contributed by atoms with Crippen molar-refractivity contribution < 1.29 is 14.7 Å². The Labute approximate surface area is 133 Å². The molecule has 1 aromatic carbocycles. The lowest BCUT2D eigenvalue weighted by atomic mass is 9.99. The Hall–Kier alpha value is -1.36. The zero-order chi connectivity index (χ0) is 15.6. The molecule has 2 N–H and O–H groups in total. The Balaban J connectivity index is 1.98. The molecule has 1 fully saturated rings. The third kappa shape index (κ3) is 3.84. The van der Waals surface area contributed by atoms with E-state index in [1.807, 2.05) is 38.1 Å². The van der Waals surface area contributed by atoms with Gasteiger partial charge in [0.2, 0.25) is 5.91 Å². The van der Waals surface area contributed by atoms with Gasteiger partial charge in [0.15, 0.2) is 0 Å². The second-order valence-corrected chi connectivity index (χ2v) is 6.63. The number of hydrogen-bond donors (Lipinski definition) is 2. The maximum Gasteiger partial charge on any atom is 0.326 e. The molecular formula is C16H20BrNO3. The number of aliphatic carboxylic acids is 1. The highest BCUT2D eigenvalue weighted by molar-refractivity contribution is 9.10. The van der Waals surface area contributed by atoms with Crippen LogP contribution in [0.3, 0.4) is 0 Å². The third-order valence-corrected chi connectivity index (χ3v) is 4.67. The summed E-state index contributed by atoms with van der Waals surface area (Å²) in [5, 5.41) is 11.9. The number of carboxylic acid groups (broad SMARTS) is 1. The summed E-state index contributed by atoms with van der Waals surface area (Å²) in [7, 11) is 0. The monoisotopic (exact) mass is 353 g/mol. The summed E-state index contributed by atoms with van der Waals surface area (Å²) in [4.78, 5) is 23.5. The fraction of sp³-hybridized carbons (Fsp3) is 0.500. The number of nitrogens with one attached hydrogen (secondary N) is 1. The molecule has 114 valence electrons. The Kier molecular flexibility index (Phi) is 5.04. The van der Waals surface area contributed by atoms with Crippen molar-refractivity contribution in [1.82, 2.24) is 5.32 Å². The van der Waals surface area contributed by atoms with E-state index < -0.39 is 12.0 Å². The largest absolute Gasteiger partial charge is 0.480 e. The maximum absolute atomic E-state index is 12.2. The van der Waals surface area contributed by atoms with Crippen molar-refractivity contribution in [1.29, 1.82) is 0 Å². The Morgan fingerprint density at radius 1 is 1.48 bits per heavy atom. The number of hydrogen-bond acceptors (Lipinski definition) is 2. The number of carbonyl (C=O) groups excluding carboxylic acids is 1. The number of carboxylic acids is 1. The highest BCUT2D eigenvalue weighted by Crippen LogP contribution is 2.48. The maximum atomic E-state index is 12.2. The Morgan fingerprint density at radius 2 is 2.19 bits per heavy atom. The molecule has 0 aromatic heterocycles. The predicted octanol–water partition coefficient (Wildman–Crippen LogP) is 3.17. The van der Waals surface area contributed by atoms with Gasteiger partial charge in [0.1, 0.15) is 6.04 Å². The average Bonchev–Trinajstić information content (AvgIpc) is 3.24. The summed E-state index contributed by atoms with van der Waals surface area (Å²) >= 11 is 3.42. The zero-order valence-corrected chi connectivity index (χ0v) is 13.8. The van der Waals surface area contributed by atoms with E-state index in [0.717, 1.165) is 22.9 Å². The van der Waals surface area contributed by atoms with Crippen molar-refractivity contribution in [2.75, 3.05) is 0 Å². The van der Waals surface area contributed by atoms with Crippen LogP contribution in [-0.2, 0) is 9.59 Å². The lowest BCUT2D eigenvalue weighted by molar-refractivity contribution is -0.143. The SMILES string of the molecule is CC[C@H](C)[C@H](NC(=O)C1CC1c1cccc(Br)c1)C(=O)O. The predicted molar refractivity (Wildman–Crippen MR) is 84.0 cm³/mol. The van der Waals surface area contributed by atoms with E-state index >= 15 is 0 Å². The molecule has 0 heterocycles. The fourth-order valence-electron chi connectivity index (χ4n) is 2.53. The molecule has 0 bridgehead atoms. The molecule has 4 atom stereocenters. The summed E-state index contributed by atoms with van der Waals surface area (Å²) in [6, 6.07) is 7.12. The van der Waals surface area contributed by atoms with Crippen molar-refractivity contribution in [3.8, 4) is 0 Å². The molecule has 1 aliphatic rings. The van der Waals surface area contributed by atoms with Crippen molar-refractivity contribution in [2.45, 2.75) is 38.6 Å². The average molecular weight is 354 g/mol. The summed E-state index contributed by atoms with van der Waals surface area (Å²) in [6.07, 6.45) is 1.51. The standard InChI is InChI=1S/C16H20BrNO3/c1-3-9(2)14(16(20)21)18-15(19)13-8-12(13)10-5-4-6-11(17)7-10/h4-7,9,12-14H,3,8H2,1-2H3,(H,18,19)(H,20,21)/t9-,12?,13?,14-/m0/s1. The first-order chi connectivity index (χ1) is 9.93. The summed E-state index contributed by atoms with van der Waals surface area (Å²) < 4.78 is 0.995. The second-order valence-electron chi connectivity index (χ2n) is 5.71. The van der Waals surface area contributed by atoms with Gasteiger partial charge in [0.25, 0.3) is 0 Å². The van der Waals surface area contributed by atoms with Crippen LogP contribution in [0.1, 0.15) is 38.2 Å². The lowest BCUT2D eigenvalue weighted by Gasteiger charge is -2.20. The van der Waals surface area contributed by atoms with E-state index in [2.05, 4.69) is 21.2 Å². The molecular weight excluding hydrogens is 334 g/mol. The molecule has 1 aliphatic carbocycles. The minimum absolute atomic E-state index is 0.0745. The van der Waals surface area contributed by atoms with Gasteiger partial charge in [0.05, 0.1) is 0 Å². The van der Waals surface area contributed by atoms with Gasteiger partial charge in [-0.25, -0.2) is 4.79 Å². The Morgan fingerprint density at radius 3 is 2.76 bits per heavy atom. The van der Waals surface area contributed by atoms with Gasteiger partial charge in [0, 0.05) is 10.4 Å². The van der Waals surface area contributed by atoms with Crippen LogP contribution in [0.2, 0.25) is 0 Å². The van der Waals surface area contributed by atoms with Gasteiger partial charge in [-0.2, -0.15) is 0 Å². The van der Waals surface area contributed by atoms with E-state index in [-0.39, 0.29) is 23.7 Å². The number of amides is 1. The van der Waals surface area contributed by atoms with Gasteiger partial charge < -0.3 is 10.4 Å². The molecule has 2 rings (SSSR count). The van der Waals surface area contributed by atoms with Crippen LogP contribution < -0.4 is 5.32 Å². The topological polar surface area (TPSA) is 66.4 Å². The molecule has 1 aromatic rings. The number of halogens is 1. The number of carbonyl (C=O) groups is 2. The van der Waals surface area contributed by atoms with Crippen LogP contribution in [0.4, 0.5) is 0 Å². The van der Waals surface area contributed by atoms with E-state index in [0.29, 0.717) is 0 Å². The molecule has 0 saturated heterocycles. The molecule has 4 nitrogen and oxygen atoms in total. The molecule has 0 spiro atoms. The summed E-state index contributed by atoms with van der Waals surface area (Å²) in [6.45, 7) is 3.77. The van der Waals surface area contributed by atoms with Crippen molar-refractivity contribution in [3.63, 3.8) is 0 Å². The molecule has 0 aliphatic heterocycles. The van der Waals surface area contributed by atoms with Gasteiger partial charge >= 0.3 is 5.97 Å². The highest BCUT2D eigenvalue weighted by Gasteiger charge is 2.45. The van der Waals surface area contributed by atoms with Crippen LogP contribution in [-0.4, -0.2) is 23.0 Å². The quantitative estimate of drug-likeness (QED) is 0.825. The first-order valence-corrected chi connectivity index (χ1v) is 8.02. The lowest BCUT2D eigenvalue weighted by Crippen LogP contribution is -2.45. The Bertz CT molecular complexity index is 546. The zero-order valence-electron chi connectivity index (χ0n) is 12.2. The third-order valence-electron chi connectivity index (χ3n) is 4.18. The van der Waals surface area contributed by atoms with Gasteiger partial charge in [-0.1, -0.05) is 48.3 Å². The van der Waals surface area contributed by atoms with E-state index in [1.165, 1.54) is 0 Å². The van der Waals surface area contributed by atoms with Gasteiger partial charge in [-0.15, -0.1) is 0 Å². The van der Waals surface area contributed by atoms with Crippen LogP contribution >= 0.6 is 15.9 Å². The van der Waals surface area contributed by atoms with Crippen molar-refractivity contribution in [2.24, 2.45) is 11.8 Å². The summed E-state index contributed by atoms with van der Waals surface area (Å²) in [5.74, 6) is -1.08. The van der Waals surface area contributed by atoms with Crippen LogP contribution in [0, 0.1) is 11.8 Å². The van der Waals surface area contributed by atoms with E-state index in [4.69, 9.17) is 0 Å². The molecule has 1 saturated carbocycles. The molecule has 1 amide bonds. The molecule has 5 heteroatoms. The van der Waals surface area contributed by atoms with Gasteiger partial charge in [-0.3, -0.25) is 4.79 Å². The van der Waals surface area contributed by atoms with Crippen LogP contribution in [0.25, 0.3) is 0 Å². The minimum Gasteiger partial charge on any atom is -0.480 e. The minimum atomic E-state index is -0.961. The normalized spacial score (nSPS) is 23.2. The second kappa shape index (κ2) is 6.60. The van der Waals surface area contributed by atoms with E-state index in [9.17, 15) is 14.7 Å². The fourth-order valence-corrected chi connectivity index (χ4v) is 2.95. The molecule has 21 heavy (non-hydrogen) atoms. The summed E-state index contributed by atoms with van der Waals surface area (Å²) in [5.41, 5.74) is 1.12. The van der Waals surface area contributed by atoms with E-state index in [1.54, 1.807) is 0 Å². The van der Waals surface area contributed by atoms with Crippen LogP contribution in [0.5, 0.6) is 0 Å². The number of rotatable bonds is 6. The first kappa shape index (κ1) is 16.0. The molecule has 0 radical (unpaired) electrons. The van der Waals surface area contributed by atoms with Gasteiger partial charge in [-0.05, 0) is 36.0 Å².